The Labute approximate surface area is 203 Å². The molecule has 0 bridgehead atoms. The van der Waals surface area contributed by atoms with Crippen LogP contribution in [0.3, 0.4) is 0 Å². The molecule has 1 saturated carbocycles. The standard InChI is InChI=1S/C27H27NO4S2/c1-17-21-15-18(13-14-34(31,32)19-7-3-2-4-8-19)11-12-25(21)33-26(17)24-16-22(27(29)30)20-9-5-6-10-23(20)28-24/h5-6,9-12,15-16,19H,2-4,7-8,13-14H2,1H3,(H,29,30). The molecule has 2 aromatic heterocycles. The van der Waals surface area contributed by atoms with Crippen LogP contribution in [0.1, 0.15) is 53.6 Å². The van der Waals surface area contributed by atoms with Gasteiger partial charge in [0.1, 0.15) is 0 Å². The number of thiophene rings is 1. The number of hydrogen-bond acceptors (Lipinski definition) is 5. The normalized spacial score (nSPS) is 15.2. The van der Waals surface area contributed by atoms with E-state index in [-0.39, 0.29) is 16.6 Å². The summed E-state index contributed by atoms with van der Waals surface area (Å²) in [5.41, 5.74) is 3.60. The molecule has 0 atom stereocenters. The second-order valence-corrected chi connectivity index (χ2v) is 12.6. The van der Waals surface area contributed by atoms with Crippen LogP contribution in [-0.2, 0) is 16.3 Å². The van der Waals surface area contributed by atoms with E-state index in [9.17, 15) is 18.3 Å². The molecular formula is C27H27NO4S2. The van der Waals surface area contributed by atoms with E-state index in [1.54, 1.807) is 23.5 Å². The maximum absolute atomic E-state index is 12.8. The number of fused-ring (bicyclic) bond motifs is 2. The topological polar surface area (TPSA) is 84.3 Å². The lowest BCUT2D eigenvalue weighted by molar-refractivity contribution is 0.0699. The SMILES string of the molecule is Cc1c(-c2cc(C(=O)O)c3ccccc3n2)sc2ccc(CCS(=O)(=O)C3CCCCC3)cc12. The Morgan fingerprint density at radius 1 is 1.06 bits per heavy atom. The van der Waals surface area contributed by atoms with Crippen molar-refractivity contribution in [3.8, 4) is 10.6 Å². The van der Waals surface area contributed by atoms with Gasteiger partial charge in [0.05, 0.1) is 32.7 Å². The van der Waals surface area contributed by atoms with Gasteiger partial charge in [0.2, 0.25) is 0 Å². The summed E-state index contributed by atoms with van der Waals surface area (Å²) >= 11 is 1.59. The first-order chi connectivity index (χ1) is 16.3. The molecule has 176 valence electrons. The Morgan fingerprint density at radius 2 is 1.82 bits per heavy atom. The monoisotopic (exact) mass is 493 g/mol. The zero-order chi connectivity index (χ0) is 23.9. The maximum Gasteiger partial charge on any atom is 0.336 e. The Bertz CT molecular complexity index is 1500. The molecule has 0 spiro atoms. The van der Waals surface area contributed by atoms with Gasteiger partial charge in [0, 0.05) is 10.1 Å². The minimum absolute atomic E-state index is 0.179. The van der Waals surface area contributed by atoms with Crippen LogP contribution in [0, 0.1) is 6.92 Å². The first-order valence-corrected chi connectivity index (χ1v) is 14.2. The third-order valence-electron chi connectivity index (χ3n) is 6.92. The molecule has 0 radical (unpaired) electrons. The van der Waals surface area contributed by atoms with Crippen molar-refractivity contribution in [3.05, 3.63) is 65.2 Å². The smallest absolute Gasteiger partial charge is 0.336 e. The van der Waals surface area contributed by atoms with E-state index in [2.05, 4.69) is 6.07 Å². The Balaban J connectivity index is 1.47. The number of aromatic nitrogens is 1. The molecule has 0 saturated heterocycles. The molecule has 2 aromatic carbocycles. The second-order valence-electron chi connectivity index (χ2n) is 9.14. The summed E-state index contributed by atoms with van der Waals surface area (Å²) in [5, 5.41) is 11.3. The lowest BCUT2D eigenvalue weighted by Crippen LogP contribution is -2.27. The van der Waals surface area contributed by atoms with Crippen molar-refractivity contribution in [1.82, 2.24) is 4.98 Å². The van der Waals surface area contributed by atoms with E-state index >= 15 is 0 Å². The summed E-state index contributed by atoms with van der Waals surface area (Å²) in [6.45, 7) is 2.02. The van der Waals surface area contributed by atoms with Gasteiger partial charge in [-0.3, -0.25) is 0 Å². The van der Waals surface area contributed by atoms with Gasteiger partial charge >= 0.3 is 5.97 Å². The number of carbonyl (C=O) groups is 1. The fourth-order valence-corrected chi connectivity index (χ4v) is 8.04. The zero-order valence-corrected chi connectivity index (χ0v) is 20.7. The van der Waals surface area contributed by atoms with Gasteiger partial charge in [-0.15, -0.1) is 11.3 Å². The summed E-state index contributed by atoms with van der Waals surface area (Å²) in [4.78, 5) is 17.6. The molecule has 1 aliphatic rings. The summed E-state index contributed by atoms with van der Waals surface area (Å²) < 4.78 is 26.7. The zero-order valence-electron chi connectivity index (χ0n) is 19.1. The number of sulfone groups is 1. The highest BCUT2D eigenvalue weighted by molar-refractivity contribution is 7.92. The third-order valence-corrected chi connectivity index (χ3v) is 10.5. The van der Waals surface area contributed by atoms with Gasteiger partial charge in [0.25, 0.3) is 0 Å². The van der Waals surface area contributed by atoms with Crippen molar-refractivity contribution in [2.24, 2.45) is 0 Å². The van der Waals surface area contributed by atoms with Gasteiger partial charge in [-0.1, -0.05) is 43.5 Å². The van der Waals surface area contributed by atoms with Crippen LogP contribution < -0.4 is 0 Å². The molecule has 5 nitrogen and oxygen atoms in total. The first-order valence-electron chi connectivity index (χ1n) is 11.7. The van der Waals surface area contributed by atoms with E-state index < -0.39 is 15.8 Å². The lowest BCUT2D eigenvalue weighted by Gasteiger charge is -2.21. The Morgan fingerprint density at radius 3 is 2.59 bits per heavy atom. The van der Waals surface area contributed by atoms with Crippen LogP contribution in [0.15, 0.2) is 48.5 Å². The molecule has 4 aromatic rings. The van der Waals surface area contributed by atoms with E-state index in [1.165, 1.54) is 0 Å². The number of aryl methyl sites for hydroxylation is 2. The van der Waals surface area contributed by atoms with Crippen molar-refractivity contribution in [3.63, 3.8) is 0 Å². The van der Waals surface area contributed by atoms with Crippen molar-refractivity contribution < 1.29 is 18.3 Å². The predicted octanol–water partition coefficient (Wildman–Crippen LogP) is 6.41. The van der Waals surface area contributed by atoms with Crippen molar-refractivity contribution in [1.29, 1.82) is 0 Å². The molecule has 1 fully saturated rings. The van der Waals surface area contributed by atoms with E-state index in [0.717, 1.165) is 58.2 Å². The van der Waals surface area contributed by atoms with Crippen LogP contribution in [0.5, 0.6) is 0 Å². The molecule has 0 unspecified atom stereocenters. The third kappa shape index (κ3) is 4.34. The van der Waals surface area contributed by atoms with Gasteiger partial charge < -0.3 is 5.11 Å². The van der Waals surface area contributed by atoms with Gasteiger partial charge in [-0.2, -0.15) is 0 Å². The first kappa shape index (κ1) is 23.0. The summed E-state index contributed by atoms with van der Waals surface area (Å²) in [6.07, 6.45) is 5.27. The number of rotatable bonds is 6. The number of benzene rings is 2. The van der Waals surface area contributed by atoms with Crippen molar-refractivity contribution >= 4 is 48.1 Å². The lowest BCUT2D eigenvalue weighted by atomic mass is 10.0. The fourth-order valence-electron chi connectivity index (χ4n) is 4.99. The number of nitrogens with zero attached hydrogens (tertiary/aromatic N) is 1. The molecule has 1 aliphatic carbocycles. The number of aromatic carboxylic acids is 1. The van der Waals surface area contributed by atoms with E-state index in [1.807, 2.05) is 37.3 Å². The molecule has 5 rings (SSSR count). The number of para-hydroxylation sites is 1. The fraction of sp³-hybridized carbons (Fsp3) is 0.333. The van der Waals surface area contributed by atoms with E-state index in [4.69, 9.17) is 4.98 Å². The van der Waals surface area contributed by atoms with Gasteiger partial charge in [0.15, 0.2) is 9.84 Å². The molecule has 0 aliphatic heterocycles. The summed E-state index contributed by atoms with van der Waals surface area (Å²) in [7, 11) is -3.08. The average Bonchev–Trinajstić information content (AvgIpc) is 3.18. The summed E-state index contributed by atoms with van der Waals surface area (Å²) in [5.74, 6) is -0.784. The quantitative estimate of drug-likeness (QED) is 0.335. The Kier molecular flexibility index (Phi) is 6.16. The molecular weight excluding hydrogens is 466 g/mol. The maximum atomic E-state index is 12.8. The highest BCUT2D eigenvalue weighted by atomic mass is 32.2. The highest BCUT2D eigenvalue weighted by Crippen LogP contribution is 2.39. The molecule has 1 N–H and O–H groups in total. The molecule has 7 heteroatoms. The van der Waals surface area contributed by atoms with Crippen LogP contribution >= 0.6 is 11.3 Å². The van der Waals surface area contributed by atoms with Gasteiger partial charge in [-0.25, -0.2) is 18.2 Å². The predicted molar refractivity (Wildman–Crippen MR) is 139 cm³/mol. The van der Waals surface area contributed by atoms with Crippen LogP contribution in [0.4, 0.5) is 0 Å². The number of carboxylic acid groups (broad SMARTS) is 1. The Hall–Kier alpha value is -2.77. The van der Waals surface area contributed by atoms with Crippen LogP contribution in [0.2, 0.25) is 0 Å². The van der Waals surface area contributed by atoms with Crippen molar-refractivity contribution in [2.45, 2.75) is 50.7 Å². The molecule has 0 amide bonds. The minimum Gasteiger partial charge on any atom is -0.478 e. The van der Waals surface area contributed by atoms with Crippen molar-refractivity contribution in [2.75, 3.05) is 5.75 Å². The van der Waals surface area contributed by atoms with Gasteiger partial charge in [-0.05, 0) is 67.0 Å². The minimum atomic E-state index is -3.08. The number of hydrogen-bond donors (Lipinski definition) is 1. The van der Waals surface area contributed by atoms with Crippen LogP contribution in [-0.4, -0.2) is 35.5 Å². The number of carboxylic acids is 1. The second kappa shape index (κ2) is 9.12. The average molecular weight is 494 g/mol. The largest absolute Gasteiger partial charge is 0.478 e. The van der Waals surface area contributed by atoms with Crippen LogP contribution in [0.25, 0.3) is 31.6 Å². The molecule has 34 heavy (non-hydrogen) atoms. The highest BCUT2D eigenvalue weighted by Gasteiger charge is 2.27. The summed E-state index contributed by atoms with van der Waals surface area (Å²) in [6, 6.07) is 15.1. The number of pyridine rings is 1. The van der Waals surface area contributed by atoms with E-state index in [0.29, 0.717) is 23.0 Å². The molecule has 2 heterocycles.